The van der Waals surface area contributed by atoms with Crippen LogP contribution in [0.15, 0.2) is 54.9 Å². The minimum Gasteiger partial charge on any atom is -0.347 e. The molecule has 3 heteroatoms. The fraction of sp³-hybridized carbons (Fsp3) is 0.0667. The topological polar surface area (TPSA) is 52.5 Å². The lowest BCUT2D eigenvalue weighted by Gasteiger charge is -2.10. The molecule has 1 heterocycles. The summed E-state index contributed by atoms with van der Waals surface area (Å²) in [6, 6.07) is 16.4. The monoisotopic (exact) mass is 233 g/mol. The van der Waals surface area contributed by atoms with Crippen molar-refractivity contribution in [3.63, 3.8) is 0 Å². The number of rotatable bonds is 2. The van der Waals surface area contributed by atoms with Crippen LogP contribution in [0.3, 0.4) is 0 Å². The van der Waals surface area contributed by atoms with Crippen molar-refractivity contribution in [3.8, 4) is 6.07 Å². The van der Waals surface area contributed by atoms with Gasteiger partial charge in [0, 0.05) is 12.4 Å². The highest BCUT2D eigenvalue weighted by Gasteiger charge is 2.17. The summed E-state index contributed by atoms with van der Waals surface area (Å²) in [4.78, 5) is 7.21. The zero-order valence-corrected chi connectivity index (χ0v) is 9.67. The number of imidazole rings is 1. The van der Waals surface area contributed by atoms with E-state index in [9.17, 15) is 5.26 Å². The molecular weight excluding hydrogens is 222 g/mol. The summed E-state index contributed by atoms with van der Waals surface area (Å²) < 4.78 is 0. The predicted octanol–water partition coefficient (Wildman–Crippen LogP) is 3.22. The summed E-state index contributed by atoms with van der Waals surface area (Å²) in [5.74, 6) is 0.333. The van der Waals surface area contributed by atoms with E-state index in [1.165, 1.54) is 0 Å². The first-order chi connectivity index (χ1) is 8.90. The van der Waals surface area contributed by atoms with Gasteiger partial charge in [0.15, 0.2) is 0 Å². The Kier molecular flexibility index (Phi) is 2.54. The highest BCUT2D eigenvalue weighted by Crippen LogP contribution is 2.28. The number of hydrogen-bond donors (Lipinski definition) is 1. The van der Waals surface area contributed by atoms with Gasteiger partial charge in [-0.3, -0.25) is 0 Å². The van der Waals surface area contributed by atoms with Crippen LogP contribution in [0.4, 0.5) is 0 Å². The van der Waals surface area contributed by atoms with E-state index in [1.54, 1.807) is 12.4 Å². The van der Waals surface area contributed by atoms with Crippen molar-refractivity contribution in [2.24, 2.45) is 0 Å². The molecule has 0 spiro atoms. The van der Waals surface area contributed by atoms with Gasteiger partial charge in [0.2, 0.25) is 0 Å². The van der Waals surface area contributed by atoms with Gasteiger partial charge in [-0.25, -0.2) is 4.98 Å². The molecule has 0 radical (unpaired) electrons. The molecule has 0 fully saturated rings. The Morgan fingerprint density at radius 3 is 2.72 bits per heavy atom. The van der Waals surface area contributed by atoms with E-state index in [-0.39, 0.29) is 5.92 Å². The van der Waals surface area contributed by atoms with E-state index in [1.807, 2.05) is 30.3 Å². The van der Waals surface area contributed by atoms with Gasteiger partial charge in [0.05, 0.1) is 6.07 Å². The average molecular weight is 233 g/mol. The van der Waals surface area contributed by atoms with Crippen molar-refractivity contribution in [1.29, 1.82) is 5.26 Å². The van der Waals surface area contributed by atoms with Crippen LogP contribution >= 0.6 is 0 Å². The maximum absolute atomic E-state index is 9.40. The van der Waals surface area contributed by atoms with Crippen LogP contribution in [-0.2, 0) is 0 Å². The lowest BCUT2D eigenvalue weighted by molar-refractivity contribution is 0.935. The van der Waals surface area contributed by atoms with Gasteiger partial charge < -0.3 is 4.98 Å². The first-order valence-electron chi connectivity index (χ1n) is 5.76. The summed E-state index contributed by atoms with van der Waals surface area (Å²) in [7, 11) is 0. The van der Waals surface area contributed by atoms with Gasteiger partial charge in [-0.15, -0.1) is 0 Å². The van der Waals surface area contributed by atoms with Crippen LogP contribution in [0.1, 0.15) is 17.3 Å². The molecule has 0 saturated heterocycles. The SMILES string of the molecule is N#CC(c1ncc[nH]1)c1cccc2ccccc12. The number of hydrogen-bond acceptors (Lipinski definition) is 2. The van der Waals surface area contributed by atoms with Crippen LogP contribution in [0, 0.1) is 11.3 Å². The molecule has 2 aromatic carbocycles. The summed E-state index contributed by atoms with van der Waals surface area (Å²) in [5, 5.41) is 11.6. The summed E-state index contributed by atoms with van der Waals surface area (Å²) in [6.07, 6.45) is 3.41. The van der Waals surface area contributed by atoms with Crippen molar-refractivity contribution in [2.75, 3.05) is 0 Å². The molecule has 0 aliphatic heterocycles. The number of benzene rings is 2. The highest BCUT2D eigenvalue weighted by atomic mass is 14.9. The molecule has 0 aliphatic rings. The Balaban J connectivity index is 2.22. The molecule has 3 nitrogen and oxygen atoms in total. The Morgan fingerprint density at radius 2 is 1.94 bits per heavy atom. The Bertz CT molecular complexity index is 703. The van der Waals surface area contributed by atoms with Crippen molar-refractivity contribution >= 4 is 10.8 Å². The summed E-state index contributed by atoms with van der Waals surface area (Å²) in [5.41, 5.74) is 0.991. The van der Waals surface area contributed by atoms with Crippen molar-refractivity contribution < 1.29 is 0 Å². The molecule has 1 N–H and O–H groups in total. The van der Waals surface area contributed by atoms with E-state index >= 15 is 0 Å². The third-order valence-electron chi connectivity index (χ3n) is 3.06. The number of nitrogens with one attached hydrogen (secondary N) is 1. The van der Waals surface area contributed by atoms with Gasteiger partial charge in [-0.2, -0.15) is 5.26 Å². The van der Waals surface area contributed by atoms with Crippen molar-refractivity contribution in [3.05, 3.63) is 66.2 Å². The van der Waals surface area contributed by atoms with E-state index in [0.717, 1.165) is 16.3 Å². The molecule has 0 aliphatic carbocycles. The zero-order valence-electron chi connectivity index (χ0n) is 9.67. The summed E-state index contributed by atoms with van der Waals surface area (Å²) in [6.45, 7) is 0. The van der Waals surface area contributed by atoms with Crippen LogP contribution in [-0.4, -0.2) is 9.97 Å². The molecular formula is C15H11N3. The first-order valence-corrected chi connectivity index (χ1v) is 5.76. The largest absolute Gasteiger partial charge is 0.347 e. The molecule has 3 rings (SSSR count). The van der Waals surface area contributed by atoms with Crippen LogP contribution < -0.4 is 0 Å². The van der Waals surface area contributed by atoms with E-state index < -0.39 is 0 Å². The number of aromatic nitrogens is 2. The van der Waals surface area contributed by atoms with Crippen LogP contribution in [0.25, 0.3) is 10.8 Å². The molecule has 1 atom stereocenters. The third kappa shape index (κ3) is 1.64. The van der Waals surface area contributed by atoms with E-state index in [2.05, 4.69) is 28.2 Å². The second kappa shape index (κ2) is 4.34. The van der Waals surface area contributed by atoms with Gasteiger partial charge in [0.1, 0.15) is 11.7 Å². The van der Waals surface area contributed by atoms with Crippen LogP contribution in [0.5, 0.6) is 0 Å². The summed E-state index contributed by atoms with van der Waals surface area (Å²) >= 11 is 0. The van der Waals surface area contributed by atoms with Crippen molar-refractivity contribution in [2.45, 2.75) is 5.92 Å². The Labute approximate surface area is 105 Å². The second-order valence-electron chi connectivity index (χ2n) is 4.10. The highest BCUT2D eigenvalue weighted by molar-refractivity contribution is 5.86. The molecule has 0 amide bonds. The third-order valence-corrected chi connectivity index (χ3v) is 3.06. The fourth-order valence-electron chi connectivity index (χ4n) is 2.22. The molecule has 1 aromatic heterocycles. The van der Waals surface area contributed by atoms with Gasteiger partial charge in [-0.05, 0) is 16.3 Å². The quantitative estimate of drug-likeness (QED) is 0.738. The fourth-order valence-corrected chi connectivity index (χ4v) is 2.22. The zero-order chi connectivity index (χ0) is 12.4. The number of aromatic amines is 1. The van der Waals surface area contributed by atoms with E-state index in [4.69, 9.17) is 0 Å². The number of fused-ring (bicyclic) bond motifs is 1. The maximum Gasteiger partial charge on any atom is 0.130 e. The Hall–Kier alpha value is -2.60. The van der Waals surface area contributed by atoms with Gasteiger partial charge in [-0.1, -0.05) is 42.5 Å². The lowest BCUT2D eigenvalue weighted by atomic mass is 9.94. The molecule has 86 valence electrons. The number of nitriles is 1. The molecule has 0 saturated carbocycles. The molecule has 3 aromatic rings. The smallest absolute Gasteiger partial charge is 0.130 e. The minimum atomic E-state index is -0.355. The minimum absolute atomic E-state index is 0.355. The van der Waals surface area contributed by atoms with Gasteiger partial charge >= 0.3 is 0 Å². The second-order valence-corrected chi connectivity index (χ2v) is 4.10. The lowest BCUT2D eigenvalue weighted by Crippen LogP contribution is -2.01. The molecule has 1 unspecified atom stereocenters. The number of nitrogens with zero attached hydrogens (tertiary/aromatic N) is 2. The van der Waals surface area contributed by atoms with Crippen molar-refractivity contribution in [1.82, 2.24) is 9.97 Å². The van der Waals surface area contributed by atoms with Gasteiger partial charge in [0.25, 0.3) is 0 Å². The standard InChI is InChI=1S/C15H11N3/c16-10-14(15-17-8-9-18-15)13-7-3-5-11-4-1-2-6-12(11)13/h1-9,14H,(H,17,18). The average Bonchev–Trinajstić information content (AvgIpc) is 2.94. The molecule has 0 bridgehead atoms. The maximum atomic E-state index is 9.40. The molecule has 18 heavy (non-hydrogen) atoms. The number of H-pyrrole nitrogens is 1. The first kappa shape index (κ1) is 10.5. The van der Waals surface area contributed by atoms with Crippen LogP contribution in [0.2, 0.25) is 0 Å². The Morgan fingerprint density at radius 1 is 1.11 bits per heavy atom. The predicted molar refractivity (Wildman–Crippen MR) is 70.0 cm³/mol. The normalized spacial score (nSPS) is 12.2. The van der Waals surface area contributed by atoms with E-state index in [0.29, 0.717) is 5.82 Å².